The van der Waals surface area contributed by atoms with E-state index in [0.29, 0.717) is 17.1 Å². The summed E-state index contributed by atoms with van der Waals surface area (Å²) in [6.45, 7) is 2.15. The van der Waals surface area contributed by atoms with Crippen LogP contribution in [0.2, 0.25) is 0 Å². The Morgan fingerprint density at radius 3 is 2.61 bits per heavy atom. The van der Waals surface area contributed by atoms with Crippen LogP contribution in [0.1, 0.15) is 21.5 Å². The molecule has 0 aromatic heterocycles. The zero-order chi connectivity index (χ0) is 16.7. The molecule has 0 aliphatic rings. The average Bonchev–Trinajstić information content (AvgIpc) is 2.58. The fourth-order valence-corrected chi connectivity index (χ4v) is 2.01. The Hall–Kier alpha value is -2.99. The van der Waals surface area contributed by atoms with E-state index in [9.17, 15) is 4.79 Å². The molecule has 0 unspecified atom stereocenters. The summed E-state index contributed by atoms with van der Waals surface area (Å²) in [6, 6.07) is 12.8. The molecule has 0 saturated heterocycles. The summed E-state index contributed by atoms with van der Waals surface area (Å²) in [6.07, 6.45) is 8.44. The van der Waals surface area contributed by atoms with Gasteiger partial charge in [0.1, 0.15) is 18.1 Å². The highest BCUT2D eigenvalue weighted by atomic mass is 16.5. The van der Waals surface area contributed by atoms with Crippen LogP contribution >= 0.6 is 0 Å². The van der Waals surface area contributed by atoms with Gasteiger partial charge in [0, 0.05) is 11.1 Å². The van der Waals surface area contributed by atoms with E-state index in [0.717, 1.165) is 11.1 Å². The topological polar surface area (TPSA) is 35.5 Å². The zero-order valence-corrected chi connectivity index (χ0v) is 13.2. The first kappa shape index (κ1) is 16.4. The van der Waals surface area contributed by atoms with Crippen molar-refractivity contribution in [1.82, 2.24) is 0 Å². The van der Waals surface area contributed by atoms with E-state index in [2.05, 4.69) is 5.92 Å². The van der Waals surface area contributed by atoms with Crippen molar-refractivity contribution in [3.8, 4) is 23.8 Å². The number of allylic oxidation sites excluding steroid dienone is 1. The Labute approximate surface area is 136 Å². The second-order valence-corrected chi connectivity index (χ2v) is 4.96. The lowest BCUT2D eigenvalue weighted by Gasteiger charge is -2.08. The smallest absolute Gasteiger partial charge is 0.185 e. The molecule has 23 heavy (non-hydrogen) atoms. The van der Waals surface area contributed by atoms with Crippen molar-refractivity contribution in [3.63, 3.8) is 0 Å². The molecule has 3 nitrogen and oxygen atoms in total. The first-order valence-corrected chi connectivity index (χ1v) is 7.17. The average molecular weight is 306 g/mol. The Morgan fingerprint density at radius 2 is 1.96 bits per heavy atom. The third-order valence-corrected chi connectivity index (χ3v) is 3.28. The number of methoxy groups -OCH3 is 1. The van der Waals surface area contributed by atoms with E-state index in [1.165, 1.54) is 6.08 Å². The van der Waals surface area contributed by atoms with Crippen molar-refractivity contribution < 1.29 is 14.3 Å². The lowest BCUT2D eigenvalue weighted by Crippen LogP contribution is -1.97. The molecule has 0 atom stereocenters. The van der Waals surface area contributed by atoms with E-state index in [1.54, 1.807) is 31.4 Å². The summed E-state index contributed by atoms with van der Waals surface area (Å²) >= 11 is 0. The number of rotatable bonds is 6. The van der Waals surface area contributed by atoms with Crippen molar-refractivity contribution >= 4 is 11.9 Å². The molecule has 0 aliphatic heterocycles. The van der Waals surface area contributed by atoms with Crippen molar-refractivity contribution in [3.05, 3.63) is 65.2 Å². The van der Waals surface area contributed by atoms with E-state index >= 15 is 0 Å². The maximum Gasteiger partial charge on any atom is 0.185 e. The Kier molecular flexibility index (Phi) is 5.60. The summed E-state index contributed by atoms with van der Waals surface area (Å²) in [5, 5.41) is 0. The molecule has 0 bridgehead atoms. The Bertz CT molecular complexity index is 749. The fourth-order valence-electron chi connectivity index (χ4n) is 2.01. The SMILES string of the molecule is C#CCOc1ccc(OC)cc1/C=C/C(=O)c1ccc(C)cc1. The minimum atomic E-state index is -0.0734. The number of carbonyl (C=O) groups excluding carboxylic acids is 1. The molecule has 0 heterocycles. The highest BCUT2D eigenvalue weighted by Crippen LogP contribution is 2.25. The molecule has 0 amide bonds. The summed E-state index contributed by atoms with van der Waals surface area (Å²) < 4.78 is 10.7. The van der Waals surface area contributed by atoms with Crippen LogP contribution in [0, 0.1) is 19.3 Å². The third kappa shape index (κ3) is 4.49. The summed E-state index contributed by atoms with van der Waals surface area (Å²) in [5.74, 6) is 3.64. The predicted molar refractivity (Wildman–Crippen MR) is 91.9 cm³/mol. The summed E-state index contributed by atoms with van der Waals surface area (Å²) in [4.78, 5) is 12.2. The van der Waals surface area contributed by atoms with Gasteiger partial charge in [-0.1, -0.05) is 35.7 Å². The molecule has 3 heteroatoms. The normalized spacial score (nSPS) is 10.3. The minimum Gasteiger partial charge on any atom is -0.497 e. The van der Waals surface area contributed by atoms with E-state index < -0.39 is 0 Å². The second-order valence-electron chi connectivity index (χ2n) is 4.96. The minimum absolute atomic E-state index is 0.0734. The van der Waals surface area contributed by atoms with E-state index in [1.807, 2.05) is 31.2 Å². The van der Waals surface area contributed by atoms with Gasteiger partial charge in [-0.3, -0.25) is 4.79 Å². The van der Waals surface area contributed by atoms with Crippen LogP contribution < -0.4 is 9.47 Å². The van der Waals surface area contributed by atoms with Gasteiger partial charge in [-0.2, -0.15) is 0 Å². The highest BCUT2D eigenvalue weighted by molar-refractivity contribution is 6.07. The molecular weight excluding hydrogens is 288 g/mol. The molecule has 0 aliphatic carbocycles. The van der Waals surface area contributed by atoms with Gasteiger partial charge in [-0.25, -0.2) is 0 Å². The second kappa shape index (κ2) is 7.86. The quantitative estimate of drug-likeness (QED) is 0.461. The third-order valence-electron chi connectivity index (χ3n) is 3.28. The standard InChI is InChI=1S/C20H18O3/c1-4-13-23-20-12-10-18(22-3)14-17(20)9-11-19(21)16-7-5-15(2)6-8-16/h1,5-12,14H,13H2,2-3H3/b11-9+. The van der Waals surface area contributed by atoms with E-state index in [-0.39, 0.29) is 12.4 Å². The molecule has 0 saturated carbocycles. The lowest BCUT2D eigenvalue weighted by molar-refractivity contribution is 0.104. The monoisotopic (exact) mass is 306 g/mol. The van der Waals surface area contributed by atoms with Gasteiger partial charge in [-0.15, -0.1) is 6.42 Å². The number of aryl methyl sites for hydroxylation is 1. The number of ether oxygens (including phenoxy) is 2. The van der Waals surface area contributed by atoms with Crippen LogP contribution in [-0.2, 0) is 0 Å². The molecular formula is C20H18O3. The van der Waals surface area contributed by atoms with Crippen molar-refractivity contribution in [2.75, 3.05) is 13.7 Å². The van der Waals surface area contributed by atoms with Crippen LogP contribution in [0.4, 0.5) is 0 Å². The van der Waals surface area contributed by atoms with Crippen molar-refractivity contribution in [2.24, 2.45) is 0 Å². The van der Waals surface area contributed by atoms with Crippen molar-refractivity contribution in [2.45, 2.75) is 6.92 Å². The number of hydrogen-bond donors (Lipinski definition) is 0. The highest BCUT2D eigenvalue weighted by Gasteiger charge is 2.05. The number of hydrogen-bond acceptors (Lipinski definition) is 3. The lowest BCUT2D eigenvalue weighted by atomic mass is 10.1. The Balaban J connectivity index is 2.24. The van der Waals surface area contributed by atoms with E-state index in [4.69, 9.17) is 15.9 Å². The van der Waals surface area contributed by atoms with Gasteiger partial charge in [0.05, 0.1) is 7.11 Å². The fraction of sp³-hybridized carbons (Fsp3) is 0.150. The van der Waals surface area contributed by atoms with Crippen LogP contribution in [0.25, 0.3) is 6.08 Å². The molecule has 0 fully saturated rings. The first-order chi connectivity index (χ1) is 11.1. The molecule has 2 aromatic rings. The number of benzene rings is 2. The number of carbonyl (C=O) groups is 1. The summed E-state index contributed by atoms with van der Waals surface area (Å²) in [5.41, 5.74) is 2.49. The van der Waals surface area contributed by atoms with Crippen LogP contribution in [0.3, 0.4) is 0 Å². The number of terminal acetylenes is 1. The van der Waals surface area contributed by atoms with Crippen LogP contribution in [0.15, 0.2) is 48.5 Å². The van der Waals surface area contributed by atoms with Gasteiger partial charge in [0.25, 0.3) is 0 Å². The maximum atomic E-state index is 12.2. The summed E-state index contributed by atoms with van der Waals surface area (Å²) in [7, 11) is 1.59. The maximum absolute atomic E-state index is 12.2. The van der Waals surface area contributed by atoms with Gasteiger partial charge in [0.15, 0.2) is 5.78 Å². The molecule has 0 N–H and O–H groups in total. The van der Waals surface area contributed by atoms with Gasteiger partial charge in [-0.05, 0) is 37.3 Å². The first-order valence-electron chi connectivity index (χ1n) is 7.17. The molecule has 116 valence electrons. The zero-order valence-electron chi connectivity index (χ0n) is 13.2. The van der Waals surface area contributed by atoms with Crippen LogP contribution in [-0.4, -0.2) is 19.5 Å². The molecule has 2 aromatic carbocycles. The van der Waals surface area contributed by atoms with Gasteiger partial charge in [0.2, 0.25) is 0 Å². The Morgan fingerprint density at radius 1 is 1.22 bits per heavy atom. The predicted octanol–water partition coefficient (Wildman–Crippen LogP) is 3.91. The van der Waals surface area contributed by atoms with Crippen molar-refractivity contribution in [1.29, 1.82) is 0 Å². The largest absolute Gasteiger partial charge is 0.497 e. The molecule has 0 spiro atoms. The number of ketones is 1. The molecule has 2 rings (SSSR count). The van der Waals surface area contributed by atoms with Crippen LogP contribution in [0.5, 0.6) is 11.5 Å². The molecule has 0 radical (unpaired) electrons. The van der Waals surface area contributed by atoms with Gasteiger partial charge < -0.3 is 9.47 Å². The van der Waals surface area contributed by atoms with Gasteiger partial charge >= 0.3 is 0 Å².